The zero-order chi connectivity index (χ0) is 17.7. The molecule has 0 atom stereocenters. The second kappa shape index (κ2) is 7.65. The van der Waals surface area contributed by atoms with E-state index in [4.69, 9.17) is 16.3 Å². The molecule has 0 fully saturated rings. The Balaban J connectivity index is 2.03. The number of rotatable bonds is 6. The first-order valence-electron chi connectivity index (χ1n) is 7.03. The minimum Gasteiger partial charge on any atom is -0.494 e. The van der Waals surface area contributed by atoms with E-state index in [1.165, 1.54) is 25.3 Å². The van der Waals surface area contributed by atoms with E-state index in [1.54, 1.807) is 12.1 Å². The summed E-state index contributed by atoms with van der Waals surface area (Å²) in [5.74, 6) is -0.121. The molecule has 0 aromatic heterocycles. The highest BCUT2D eigenvalue weighted by molar-refractivity contribution is 6.33. The van der Waals surface area contributed by atoms with E-state index in [2.05, 4.69) is 10.6 Å². The molecular formula is C16H16ClN3O4. The number of halogens is 1. The topological polar surface area (TPSA) is 93.5 Å². The molecule has 2 rings (SSSR count). The van der Waals surface area contributed by atoms with Gasteiger partial charge < -0.3 is 15.4 Å². The second-order valence-corrected chi connectivity index (χ2v) is 5.43. The number of amides is 1. The number of carbonyl (C=O) groups is 1. The number of non-ortho nitro benzene ring substituents is 1. The van der Waals surface area contributed by atoms with Gasteiger partial charge in [-0.25, -0.2) is 0 Å². The highest BCUT2D eigenvalue weighted by atomic mass is 35.5. The van der Waals surface area contributed by atoms with Crippen molar-refractivity contribution in [1.82, 2.24) is 0 Å². The quantitative estimate of drug-likeness (QED) is 0.613. The molecule has 8 heteroatoms. The van der Waals surface area contributed by atoms with Gasteiger partial charge in [-0.3, -0.25) is 14.9 Å². The summed E-state index contributed by atoms with van der Waals surface area (Å²) in [4.78, 5) is 22.3. The molecule has 0 aliphatic heterocycles. The third-order valence-electron chi connectivity index (χ3n) is 3.23. The Kier molecular flexibility index (Phi) is 5.59. The lowest BCUT2D eigenvalue weighted by Gasteiger charge is -2.12. The molecule has 2 aromatic carbocycles. The SMILES string of the molecule is COc1cc([N+](=O)[O-])ccc1NC(=O)CNc1ccc(C)cc1Cl. The summed E-state index contributed by atoms with van der Waals surface area (Å²) in [6.45, 7) is 1.91. The number of hydrogen-bond acceptors (Lipinski definition) is 5. The first-order chi connectivity index (χ1) is 11.4. The monoisotopic (exact) mass is 349 g/mol. The van der Waals surface area contributed by atoms with Crippen LogP contribution in [0.15, 0.2) is 36.4 Å². The van der Waals surface area contributed by atoms with Gasteiger partial charge in [-0.1, -0.05) is 17.7 Å². The summed E-state index contributed by atoms with van der Waals surface area (Å²) in [7, 11) is 1.37. The van der Waals surface area contributed by atoms with Crippen molar-refractivity contribution in [2.45, 2.75) is 6.92 Å². The predicted molar refractivity (Wildman–Crippen MR) is 93.0 cm³/mol. The van der Waals surface area contributed by atoms with Crippen molar-refractivity contribution in [3.8, 4) is 5.75 Å². The van der Waals surface area contributed by atoms with Crippen LogP contribution in [0.4, 0.5) is 17.1 Å². The lowest BCUT2D eigenvalue weighted by Crippen LogP contribution is -2.22. The highest BCUT2D eigenvalue weighted by Gasteiger charge is 2.13. The summed E-state index contributed by atoms with van der Waals surface area (Å²) in [5, 5.41) is 16.9. The van der Waals surface area contributed by atoms with Gasteiger partial charge in [-0.2, -0.15) is 0 Å². The number of nitrogens with zero attached hydrogens (tertiary/aromatic N) is 1. The Morgan fingerprint density at radius 3 is 2.58 bits per heavy atom. The summed E-state index contributed by atoms with van der Waals surface area (Å²) in [6.07, 6.45) is 0. The van der Waals surface area contributed by atoms with Crippen LogP contribution in [0.5, 0.6) is 5.75 Å². The highest BCUT2D eigenvalue weighted by Crippen LogP contribution is 2.29. The molecule has 7 nitrogen and oxygen atoms in total. The first-order valence-corrected chi connectivity index (χ1v) is 7.41. The van der Waals surface area contributed by atoms with E-state index in [0.717, 1.165) is 5.56 Å². The fourth-order valence-corrected chi connectivity index (χ4v) is 2.33. The molecule has 0 aliphatic rings. The van der Waals surface area contributed by atoms with Gasteiger partial charge in [0.1, 0.15) is 5.75 Å². The van der Waals surface area contributed by atoms with Crippen molar-refractivity contribution < 1.29 is 14.5 Å². The minimum atomic E-state index is -0.533. The molecule has 2 aromatic rings. The van der Waals surface area contributed by atoms with Gasteiger partial charge in [-0.15, -0.1) is 0 Å². The van der Waals surface area contributed by atoms with E-state index in [-0.39, 0.29) is 23.9 Å². The van der Waals surface area contributed by atoms with Gasteiger partial charge in [0, 0.05) is 6.07 Å². The van der Waals surface area contributed by atoms with Crippen molar-refractivity contribution in [2.24, 2.45) is 0 Å². The Bertz CT molecular complexity index is 780. The van der Waals surface area contributed by atoms with Crippen LogP contribution in [0.25, 0.3) is 0 Å². The molecule has 2 N–H and O–H groups in total. The zero-order valence-electron chi connectivity index (χ0n) is 13.1. The van der Waals surface area contributed by atoms with Crippen molar-refractivity contribution in [2.75, 3.05) is 24.3 Å². The van der Waals surface area contributed by atoms with Crippen molar-refractivity contribution in [1.29, 1.82) is 0 Å². The number of aryl methyl sites for hydroxylation is 1. The Labute approximate surface area is 143 Å². The van der Waals surface area contributed by atoms with E-state index in [0.29, 0.717) is 16.4 Å². The maximum absolute atomic E-state index is 12.0. The van der Waals surface area contributed by atoms with Crippen molar-refractivity contribution in [3.05, 3.63) is 57.1 Å². The number of benzene rings is 2. The maximum atomic E-state index is 12.0. The Morgan fingerprint density at radius 1 is 1.25 bits per heavy atom. The van der Waals surface area contributed by atoms with Gasteiger partial charge in [0.25, 0.3) is 5.69 Å². The average Bonchev–Trinajstić information content (AvgIpc) is 2.54. The fraction of sp³-hybridized carbons (Fsp3) is 0.188. The molecule has 0 heterocycles. The number of hydrogen-bond donors (Lipinski definition) is 2. The molecule has 0 bridgehead atoms. The number of nitro groups is 1. The van der Waals surface area contributed by atoms with Gasteiger partial charge in [-0.05, 0) is 30.7 Å². The Morgan fingerprint density at radius 2 is 1.96 bits per heavy atom. The van der Waals surface area contributed by atoms with E-state index in [9.17, 15) is 14.9 Å². The summed E-state index contributed by atoms with van der Waals surface area (Å²) in [5.41, 5.74) is 1.90. The van der Waals surface area contributed by atoms with Crippen molar-refractivity contribution >= 4 is 34.6 Å². The maximum Gasteiger partial charge on any atom is 0.273 e. The lowest BCUT2D eigenvalue weighted by atomic mass is 10.2. The van der Waals surface area contributed by atoms with Crippen LogP contribution in [-0.4, -0.2) is 24.5 Å². The zero-order valence-corrected chi connectivity index (χ0v) is 13.9. The average molecular weight is 350 g/mol. The minimum absolute atomic E-state index is 0.0110. The normalized spacial score (nSPS) is 10.1. The summed E-state index contributed by atoms with van der Waals surface area (Å²) < 4.78 is 5.07. The van der Waals surface area contributed by atoms with Crippen LogP contribution < -0.4 is 15.4 Å². The predicted octanol–water partition coefficient (Wildman–Crippen LogP) is 3.62. The molecule has 0 unspecified atom stereocenters. The van der Waals surface area contributed by atoms with Crippen molar-refractivity contribution in [3.63, 3.8) is 0 Å². The van der Waals surface area contributed by atoms with E-state index >= 15 is 0 Å². The first kappa shape index (κ1) is 17.6. The van der Waals surface area contributed by atoms with E-state index in [1.807, 2.05) is 13.0 Å². The van der Waals surface area contributed by atoms with Crippen LogP contribution in [0.3, 0.4) is 0 Å². The van der Waals surface area contributed by atoms with E-state index < -0.39 is 4.92 Å². The number of anilines is 2. The van der Waals surface area contributed by atoms with Crippen LogP contribution in [0.2, 0.25) is 5.02 Å². The Hall–Kier alpha value is -2.80. The molecule has 24 heavy (non-hydrogen) atoms. The molecule has 0 aliphatic carbocycles. The largest absolute Gasteiger partial charge is 0.494 e. The summed E-state index contributed by atoms with van der Waals surface area (Å²) in [6, 6.07) is 9.43. The molecule has 1 amide bonds. The lowest BCUT2D eigenvalue weighted by molar-refractivity contribution is -0.384. The van der Waals surface area contributed by atoms with Gasteiger partial charge >= 0.3 is 0 Å². The third-order valence-corrected chi connectivity index (χ3v) is 3.55. The third kappa shape index (κ3) is 4.36. The number of carbonyl (C=O) groups excluding carboxylic acids is 1. The van der Waals surface area contributed by atoms with Gasteiger partial charge in [0.15, 0.2) is 0 Å². The molecule has 0 radical (unpaired) electrons. The standard InChI is InChI=1S/C16H16ClN3O4/c1-10-3-5-13(12(17)7-10)18-9-16(21)19-14-6-4-11(20(22)23)8-15(14)24-2/h3-8,18H,9H2,1-2H3,(H,19,21). The van der Waals surface area contributed by atoms with Crippen LogP contribution in [-0.2, 0) is 4.79 Å². The number of nitrogens with one attached hydrogen (secondary N) is 2. The molecule has 0 saturated carbocycles. The molecule has 0 saturated heterocycles. The van der Waals surface area contributed by atoms with Crippen LogP contribution >= 0.6 is 11.6 Å². The fourth-order valence-electron chi connectivity index (χ4n) is 2.03. The van der Waals surface area contributed by atoms with Gasteiger partial charge in [0.05, 0.1) is 41.0 Å². The number of nitro benzene ring substituents is 1. The smallest absolute Gasteiger partial charge is 0.273 e. The summed E-state index contributed by atoms with van der Waals surface area (Å²) >= 11 is 6.09. The molecular weight excluding hydrogens is 334 g/mol. The van der Waals surface area contributed by atoms with Crippen LogP contribution in [0.1, 0.15) is 5.56 Å². The second-order valence-electron chi connectivity index (χ2n) is 5.03. The molecule has 0 spiro atoms. The van der Waals surface area contributed by atoms with Crippen LogP contribution in [0, 0.1) is 17.0 Å². The number of ether oxygens (including phenoxy) is 1. The van der Waals surface area contributed by atoms with Gasteiger partial charge in [0.2, 0.25) is 5.91 Å². The number of methoxy groups -OCH3 is 1. The molecule has 126 valence electrons.